The number of aromatic carboxylic acids is 1. The molecule has 122 valence electrons. The zero-order chi connectivity index (χ0) is 16.1. The Labute approximate surface area is 135 Å². The summed E-state index contributed by atoms with van der Waals surface area (Å²) in [7, 11) is 0. The highest BCUT2D eigenvalue weighted by Gasteiger charge is 2.20. The smallest absolute Gasteiger partial charge is 0.347 e. The minimum atomic E-state index is -0.961. The fourth-order valence-electron chi connectivity index (χ4n) is 2.99. The van der Waals surface area contributed by atoms with Crippen LogP contribution in [0.1, 0.15) is 78.3 Å². The second-order valence-electron chi connectivity index (χ2n) is 6.10. The summed E-state index contributed by atoms with van der Waals surface area (Å²) in [6.07, 6.45) is 7.90. The molecule has 1 heterocycles. The second kappa shape index (κ2) is 7.72. The number of amides is 1. The van der Waals surface area contributed by atoms with Crippen LogP contribution in [0.4, 0.5) is 0 Å². The maximum absolute atomic E-state index is 12.0. The van der Waals surface area contributed by atoms with Crippen LogP contribution < -0.4 is 5.32 Å². The average Bonchev–Trinajstić information content (AvgIpc) is 2.88. The van der Waals surface area contributed by atoms with Crippen molar-refractivity contribution >= 4 is 23.2 Å². The van der Waals surface area contributed by atoms with Crippen LogP contribution in [0.25, 0.3) is 0 Å². The number of carbonyl (C=O) groups excluding carboxylic acids is 1. The molecule has 2 N–H and O–H groups in total. The maximum Gasteiger partial charge on any atom is 0.347 e. The van der Waals surface area contributed by atoms with E-state index in [1.807, 2.05) is 6.92 Å². The third kappa shape index (κ3) is 4.53. The van der Waals surface area contributed by atoms with E-state index in [1.54, 1.807) is 6.92 Å². The molecule has 0 spiro atoms. The topological polar surface area (TPSA) is 79.3 Å². The van der Waals surface area contributed by atoms with Gasteiger partial charge in [0, 0.05) is 6.42 Å². The second-order valence-corrected chi connectivity index (χ2v) is 7.13. The van der Waals surface area contributed by atoms with Crippen LogP contribution >= 0.6 is 11.3 Å². The third-order valence-electron chi connectivity index (χ3n) is 4.26. The zero-order valence-corrected chi connectivity index (χ0v) is 14.0. The van der Waals surface area contributed by atoms with Crippen LogP contribution in [0, 0.1) is 12.8 Å². The van der Waals surface area contributed by atoms with Crippen molar-refractivity contribution in [3.8, 4) is 0 Å². The van der Waals surface area contributed by atoms with E-state index in [1.165, 1.54) is 32.1 Å². The number of aryl methyl sites for hydroxylation is 1. The van der Waals surface area contributed by atoms with Gasteiger partial charge in [0.15, 0.2) is 0 Å². The molecule has 1 aliphatic rings. The van der Waals surface area contributed by atoms with Crippen molar-refractivity contribution in [2.45, 2.75) is 64.8 Å². The van der Waals surface area contributed by atoms with Crippen molar-refractivity contribution in [2.24, 2.45) is 5.92 Å². The van der Waals surface area contributed by atoms with Gasteiger partial charge in [-0.25, -0.2) is 9.78 Å². The average molecular weight is 324 g/mol. The van der Waals surface area contributed by atoms with Gasteiger partial charge in [-0.05, 0) is 26.2 Å². The Bertz CT molecular complexity index is 535. The predicted octanol–water partition coefficient (Wildman–Crippen LogP) is 3.69. The van der Waals surface area contributed by atoms with Gasteiger partial charge in [0.1, 0.15) is 9.88 Å². The highest BCUT2D eigenvalue weighted by Crippen LogP contribution is 2.27. The SMILES string of the molecule is Cc1nc(C(C)NC(=O)CCC2CCCCC2)sc1C(=O)O. The Hall–Kier alpha value is -1.43. The number of nitrogens with one attached hydrogen (secondary N) is 1. The standard InChI is InChI=1S/C16H24N2O3S/c1-10-14(16(20)21)22-15(18-10)11(2)17-13(19)9-8-12-6-4-3-5-7-12/h11-12H,3-9H2,1-2H3,(H,17,19)(H,20,21). The number of carbonyl (C=O) groups is 2. The van der Waals surface area contributed by atoms with E-state index >= 15 is 0 Å². The number of rotatable bonds is 6. The van der Waals surface area contributed by atoms with E-state index in [2.05, 4.69) is 10.3 Å². The first-order valence-electron chi connectivity index (χ1n) is 7.97. The molecular formula is C16H24N2O3S. The third-order valence-corrected chi connectivity index (χ3v) is 5.59. The molecule has 0 saturated heterocycles. The van der Waals surface area contributed by atoms with E-state index in [4.69, 9.17) is 5.11 Å². The molecule has 1 saturated carbocycles. The molecule has 0 aliphatic heterocycles. The summed E-state index contributed by atoms with van der Waals surface area (Å²) in [5.41, 5.74) is 0.510. The minimum absolute atomic E-state index is 0.0304. The van der Waals surface area contributed by atoms with Gasteiger partial charge in [-0.15, -0.1) is 11.3 Å². The molecule has 6 heteroatoms. The minimum Gasteiger partial charge on any atom is -0.477 e. The summed E-state index contributed by atoms with van der Waals surface area (Å²) in [5.74, 6) is -0.240. The summed E-state index contributed by atoms with van der Waals surface area (Å²) in [5, 5.41) is 12.6. The molecular weight excluding hydrogens is 300 g/mol. The van der Waals surface area contributed by atoms with Gasteiger partial charge < -0.3 is 10.4 Å². The fourth-order valence-corrected chi connectivity index (χ4v) is 3.90. The number of hydrogen-bond acceptors (Lipinski definition) is 4. The largest absolute Gasteiger partial charge is 0.477 e. The molecule has 5 nitrogen and oxygen atoms in total. The van der Waals surface area contributed by atoms with Gasteiger partial charge in [-0.2, -0.15) is 0 Å². The Balaban J connectivity index is 1.82. The van der Waals surface area contributed by atoms with Crippen LogP contribution in [0.15, 0.2) is 0 Å². The van der Waals surface area contributed by atoms with Crippen molar-refractivity contribution in [3.05, 3.63) is 15.6 Å². The highest BCUT2D eigenvalue weighted by atomic mass is 32.1. The Morgan fingerprint density at radius 3 is 2.64 bits per heavy atom. The first kappa shape index (κ1) is 16.9. The van der Waals surface area contributed by atoms with E-state index in [0.29, 0.717) is 23.0 Å². The predicted molar refractivity (Wildman–Crippen MR) is 86.2 cm³/mol. The molecule has 1 aromatic heterocycles. The van der Waals surface area contributed by atoms with Crippen molar-refractivity contribution in [2.75, 3.05) is 0 Å². The summed E-state index contributed by atoms with van der Waals surface area (Å²) in [4.78, 5) is 27.6. The highest BCUT2D eigenvalue weighted by molar-refractivity contribution is 7.13. The Morgan fingerprint density at radius 2 is 2.05 bits per heavy atom. The van der Waals surface area contributed by atoms with Gasteiger partial charge in [-0.1, -0.05) is 32.1 Å². The summed E-state index contributed by atoms with van der Waals surface area (Å²) >= 11 is 1.14. The monoisotopic (exact) mass is 324 g/mol. The van der Waals surface area contributed by atoms with Crippen molar-refractivity contribution in [1.29, 1.82) is 0 Å². The van der Waals surface area contributed by atoms with Crippen LogP contribution in [0.3, 0.4) is 0 Å². The van der Waals surface area contributed by atoms with E-state index in [-0.39, 0.29) is 16.8 Å². The molecule has 22 heavy (non-hydrogen) atoms. The van der Waals surface area contributed by atoms with Gasteiger partial charge >= 0.3 is 5.97 Å². The van der Waals surface area contributed by atoms with Gasteiger partial charge in [-0.3, -0.25) is 4.79 Å². The van der Waals surface area contributed by atoms with Crippen molar-refractivity contribution in [3.63, 3.8) is 0 Å². The number of carboxylic acids is 1. The van der Waals surface area contributed by atoms with Gasteiger partial charge in [0.25, 0.3) is 0 Å². The molecule has 0 bridgehead atoms. The maximum atomic E-state index is 12.0. The van der Waals surface area contributed by atoms with Crippen LogP contribution in [-0.2, 0) is 4.79 Å². The number of hydrogen-bond donors (Lipinski definition) is 2. The molecule has 0 aromatic carbocycles. The number of aromatic nitrogens is 1. The van der Waals surface area contributed by atoms with Gasteiger partial charge in [0.2, 0.25) is 5.91 Å². The lowest BCUT2D eigenvalue weighted by molar-refractivity contribution is -0.122. The van der Waals surface area contributed by atoms with E-state index in [9.17, 15) is 9.59 Å². The Morgan fingerprint density at radius 1 is 1.36 bits per heavy atom. The molecule has 1 unspecified atom stereocenters. The quantitative estimate of drug-likeness (QED) is 0.836. The lowest BCUT2D eigenvalue weighted by atomic mass is 9.86. The first-order chi connectivity index (χ1) is 10.5. The molecule has 0 radical (unpaired) electrons. The van der Waals surface area contributed by atoms with Crippen LogP contribution in [0.5, 0.6) is 0 Å². The molecule has 1 aromatic rings. The van der Waals surface area contributed by atoms with Gasteiger partial charge in [0.05, 0.1) is 11.7 Å². The molecule has 1 amide bonds. The summed E-state index contributed by atoms with van der Waals surface area (Å²) < 4.78 is 0. The van der Waals surface area contributed by atoms with E-state index in [0.717, 1.165) is 17.8 Å². The molecule has 2 rings (SSSR count). The van der Waals surface area contributed by atoms with Crippen molar-refractivity contribution < 1.29 is 14.7 Å². The molecule has 1 atom stereocenters. The van der Waals surface area contributed by atoms with Crippen LogP contribution in [0.2, 0.25) is 0 Å². The lowest BCUT2D eigenvalue weighted by Gasteiger charge is -2.21. The number of nitrogens with zero attached hydrogens (tertiary/aromatic N) is 1. The van der Waals surface area contributed by atoms with Crippen LogP contribution in [-0.4, -0.2) is 22.0 Å². The summed E-state index contributed by atoms with van der Waals surface area (Å²) in [6.45, 7) is 3.53. The number of carboxylic acid groups (broad SMARTS) is 1. The molecule has 1 aliphatic carbocycles. The Kier molecular flexibility index (Phi) is 5.94. The lowest BCUT2D eigenvalue weighted by Crippen LogP contribution is -2.27. The summed E-state index contributed by atoms with van der Waals surface area (Å²) in [6, 6.07) is -0.240. The molecule has 1 fully saturated rings. The first-order valence-corrected chi connectivity index (χ1v) is 8.79. The van der Waals surface area contributed by atoms with Crippen molar-refractivity contribution in [1.82, 2.24) is 10.3 Å². The number of thiazole rings is 1. The fraction of sp³-hybridized carbons (Fsp3) is 0.688. The normalized spacial score (nSPS) is 17.2. The van der Waals surface area contributed by atoms with E-state index < -0.39 is 5.97 Å². The zero-order valence-electron chi connectivity index (χ0n) is 13.2.